The lowest BCUT2D eigenvalue weighted by molar-refractivity contribution is -0.125. The number of amides is 2. The zero-order valence-corrected chi connectivity index (χ0v) is 24.5. The van der Waals surface area contributed by atoms with E-state index in [0.717, 1.165) is 13.2 Å². The molecule has 10 nitrogen and oxygen atoms in total. The molecule has 0 heterocycles. The highest BCUT2D eigenvalue weighted by atomic mass is 35.5. The second kappa shape index (κ2) is 12.8. The number of anilines is 1. The Labute approximate surface area is 250 Å². The van der Waals surface area contributed by atoms with E-state index >= 15 is 0 Å². The second-order valence-corrected chi connectivity index (χ2v) is 13.4. The van der Waals surface area contributed by atoms with E-state index in [1.807, 2.05) is 0 Å². The zero-order valence-electron chi connectivity index (χ0n) is 22.9. The highest BCUT2D eigenvalue weighted by Crippen LogP contribution is 2.54. The number of halogens is 4. The summed E-state index contributed by atoms with van der Waals surface area (Å²) in [5.74, 6) is -7.09. The topological polar surface area (TPSA) is 159 Å². The summed E-state index contributed by atoms with van der Waals surface area (Å²) >= 11 is 6.24. The molecule has 0 saturated heterocycles. The fraction of sp³-hybridized carbons (Fsp3) is 0.464. The standard InChI is InChI=1S/C28H30ClF3N2O8S/c1-42-27(38)34-22(13-35)23(36)6-7-28(39)15-3-4-16(28)10-18(9-15)43(40,41)24-8-14(2-5-19(24)29)26(37)33-17-11-20(30)25(32)21(31)12-17/h2,5,8,11-12,15-16,18,22,35,39H,3-4,6-7,9-10,13H2,1H3,(H,33,37)(H,34,38)/t15-,16?,18?,22-,28?/m0/s1. The maximum Gasteiger partial charge on any atom is 0.407 e. The largest absolute Gasteiger partial charge is 0.453 e. The van der Waals surface area contributed by atoms with Crippen LogP contribution in [0.3, 0.4) is 0 Å². The van der Waals surface area contributed by atoms with Gasteiger partial charge in [-0.25, -0.2) is 26.4 Å². The van der Waals surface area contributed by atoms with Crippen LogP contribution in [0.15, 0.2) is 35.2 Å². The Morgan fingerprint density at radius 1 is 1.09 bits per heavy atom. The number of sulfone groups is 1. The maximum absolute atomic E-state index is 13.8. The number of rotatable bonds is 10. The van der Waals surface area contributed by atoms with Crippen molar-refractivity contribution in [2.24, 2.45) is 11.8 Å². The summed E-state index contributed by atoms with van der Waals surface area (Å²) in [6, 6.07) is 3.43. The van der Waals surface area contributed by atoms with Gasteiger partial charge in [0.15, 0.2) is 33.1 Å². The number of hydrogen-bond acceptors (Lipinski definition) is 8. The van der Waals surface area contributed by atoms with Crippen LogP contribution in [0.4, 0.5) is 23.7 Å². The molecule has 234 valence electrons. The number of fused-ring (bicyclic) bond motifs is 2. The van der Waals surface area contributed by atoms with Crippen molar-refractivity contribution in [3.63, 3.8) is 0 Å². The fourth-order valence-electron chi connectivity index (χ4n) is 6.07. The van der Waals surface area contributed by atoms with Gasteiger partial charge in [0.1, 0.15) is 6.04 Å². The number of aliphatic hydroxyl groups is 2. The Morgan fingerprint density at radius 3 is 2.26 bits per heavy atom. The van der Waals surface area contributed by atoms with Crippen molar-refractivity contribution in [3.8, 4) is 0 Å². The van der Waals surface area contributed by atoms with Crippen LogP contribution in [0.25, 0.3) is 0 Å². The van der Waals surface area contributed by atoms with Gasteiger partial charge in [-0.05, 0) is 62.1 Å². The molecule has 2 aliphatic carbocycles. The maximum atomic E-state index is 13.8. The van der Waals surface area contributed by atoms with Crippen molar-refractivity contribution < 1.29 is 50.9 Å². The summed E-state index contributed by atoms with van der Waals surface area (Å²) in [6.07, 6.45) is 0.117. The van der Waals surface area contributed by atoms with Crippen molar-refractivity contribution in [1.29, 1.82) is 0 Å². The van der Waals surface area contributed by atoms with Crippen molar-refractivity contribution in [2.45, 2.75) is 60.3 Å². The molecule has 0 radical (unpaired) electrons. The van der Waals surface area contributed by atoms with E-state index in [-0.39, 0.29) is 46.9 Å². The third-order valence-electron chi connectivity index (χ3n) is 8.37. The first-order chi connectivity index (χ1) is 20.2. The molecule has 43 heavy (non-hydrogen) atoms. The Bertz CT molecular complexity index is 1500. The van der Waals surface area contributed by atoms with Crippen LogP contribution in [0.2, 0.25) is 5.02 Å². The van der Waals surface area contributed by atoms with Gasteiger partial charge >= 0.3 is 6.09 Å². The van der Waals surface area contributed by atoms with Crippen molar-refractivity contribution >= 4 is 44.9 Å². The van der Waals surface area contributed by atoms with E-state index < -0.39 is 80.4 Å². The van der Waals surface area contributed by atoms with Gasteiger partial charge in [0, 0.05) is 29.8 Å². The molecule has 4 N–H and O–H groups in total. The number of ketones is 1. The molecule has 2 aliphatic rings. The number of carbonyl (C=O) groups is 3. The second-order valence-electron chi connectivity index (χ2n) is 10.8. The van der Waals surface area contributed by atoms with E-state index in [0.29, 0.717) is 25.0 Å². The quantitative estimate of drug-likeness (QED) is 0.284. The van der Waals surface area contributed by atoms with Crippen LogP contribution in [0.5, 0.6) is 0 Å². The van der Waals surface area contributed by atoms with Crippen LogP contribution in [-0.2, 0) is 19.4 Å². The summed E-state index contributed by atoms with van der Waals surface area (Å²) in [6.45, 7) is -0.658. The van der Waals surface area contributed by atoms with E-state index in [2.05, 4.69) is 15.4 Å². The number of hydrogen-bond donors (Lipinski definition) is 4. The average molecular weight is 647 g/mol. The SMILES string of the molecule is COC(=O)N[C@@H](CO)C(=O)CCC1(O)C2CC[C@H]1CC(S(=O)(=O)c1cc(C(=O)Nc3cc(F)c(F)c(F)c3)ccc1Cl)C2. The molecule has 2 amide bonds. The summed E-state index contributed by atoms with van der Waals surface area (Å²) < 4.78 is 72.3. The molecule has 0 aromatic heterocycles. The van der Waals surface area contributed by atoms with E-state index in [4.69, 9.17) is 11.6 Å². The van der Waals surface area contributed by atoms with E-state index in [9.17, 15) is 46.2 Å². The van der Waals surface area contributed by atoms with Crippen LogP contribution in [0, 0.1) is 29.3 Å². The van der Waals surface area contributed by atoms with Gasteiger partial charge in [0.05, 0.1) is 34.5 Å². The van der Waals surface area contributed by atoms with Crippen LogP contribution >= 0.6 is 11.6 Å². The minimum Gasteiger partial charge on any atom is -0.453 e. The molecule has 0 spiro atoms. The predicted molar refractivity (Wildman–Crippen MR) is 148 cm³/mol. The van der Waals surface area contributed by atoms with Crippen LogP contribution < -0.4 is 10.6 Å². The van der Waals surface area contributed by atoms with Crippen LogP contribution in [0.1, 0.15) is 48.9 Å². The number of ether oxygens (including phenoxy) is 1. The van der Waals surface area contributed by atoms with E-state index in [1.165, 1.54) is 12.1 Å². The van der Waals surface area contributed by atoms with Gasteiger partial charge in [0.25, 0.3) is 5.91 Å². The molecule has 2 bridgehead atoms. The lowest BCUT2D eigenvalue weighted by atomic mass is 9.71. The Kier molecular flexibility index (Phi) is 9.74. The number of aliphatic hydroxyl groups excluding tert-OH is 1. The molecule has 2 aromatic carbocycles. The monoisotopic (exact) mass is 646 g/mol. The molecule has 2 saturated carbocycles. The molecule has 5 atom stereocenters. The van der Waals surface area contributed by atoms with Gasteiger partial charge < -0.3 is 25.6 Å². The Balaban J connectivity index is 1.48. The number of methoxy groups -OCH3 is 1. The van der Waals surface area contributed by atoms with Crippen molar-refractivity contribution in [1.82, 2.24) is 5.32 Å². The summed E-state index contributed by atoms with van der Waals surface area (Å²) in [4.78, 5) is 36.5. The minimum absolute atomic E-state index is 0.00821. The first-order valence-electron chi connectivity index (χ1n) is 13.4. The highest BCUT2D eigenvalue weighted by molar-refractivity contribution is 7.92. The normalized spacial score (nSPS) is 23.8. The number of carbonyl (C=O) groups excluding carboxylic acids is 3. The minimum atomic E-state index is -4.14. The molecule has 2 fully saturated rings. The molecular formula is C28H30ClF3N2O8S. The number of nitrogens with one attached hydrogen (secondary N) is 2. The number of benzene rings is 2. The first kappa shape index (κ1) is 32.7. The highest BCUT2D eigenvalue weighted by Gasteiger charge is 2.55. The van der Waals surface area contributed by atoms with Gasteiger partial charge in [-0.2, -0.15) is 0 Å². The van der Waals surface area contributed by atoms with E-state index in [1.54, 1.807) is 0 Å². The lowest BCUT2D eigenvalue weighted by Gasteiger charge is -2.42. The number of Topliss-reactive ketones (excluding diaryl/α,β-unsaturated/α-hetero) is 1. The Morgan fingerprint density at radius 2 is 1.70 bits per heavy atom. The molecular weight excluding hydrogens is 617 g/mol. The smallest absolute Gasteiger partial charge is 0.407 e. The van der Waals surface area contributed by atoms with Gasteiger partial charge in [-0.15, -0.1) is 0 Å². The fourth-order valence-corrected chi connectivity index (χ4v) is 8.47. The number of alkyl carbamates (subject to hydrolysis) is 1. The Hall–Kier alpha value is -3.20. The average Bonchev–Trinajstić information content (AvgIpc) is 3.12. The predicted octanol–water partition coefficient (Wildman–Crippen LogP) is 3.77. The molecule has 4 rings (SSSR count). The molecule has 2 aromatic rings. The van der Waals surface area contributed by atoms with Crippen LogP contribution in [-0.4, -0.2) is 67.0 Å². The summed E-state index contributed by atoms with van der Waals surface area (Å²) in [5, 5.41) is 24.3. The molecule has 0 aliphatic heterocycles. The summed E-state index contributed by atoms with van der Waals surface area (Å²) in [5.41, 5.74) is -1.90. The van der Waals surface area contributed by atoms with Gasteiger partial charge in [-0.3, -0.25) is 9.59 Å². The first-order valence-corrected chi connectivity index (χ1v) is 15.3. The van der Waals surface area contributed by atoms with Gasteiger partial charge in [-0.1, -0.05) is 11.6 Å². The molecule has 3 unspecified atom stereocenters. The zero-order chi connectivity index (χ0) is 31.7. The van der Waals surface area contributed by atoms with Gasteiger partial charge in [0.2, 0.25) is 0 Å². The third kappa shape index (κ3) is 6.66. The summed E-state index contributed by atoms with van der Waals surface area (Å²) in [7, 11) is -3.03. The van der Waals surface area contributed by atoms with Crippen molar-refractivity contribution in [2.75, 3.05) is 19.0 Å². The van der Waals surface area contributed by atoms with Crippen molar-refractivity contribution in [3.05, 3.63) is 58.4 Å². The lowest BCUT2D eigenvalue weighted by Crippen LogP contribution is -2.49. The third-order valence-corrected chi connectivity index (χ3v) is 11.0. The molecule has 15 heteroatoms.